The fourth-order valence-corrected chi connectivity index (χ4v) is 1.04. The Bertz CT molecular complexity index is 275. The molecule has 0 atom stereocenters. The second-order valence-corrected chi connectivity index (χ2v) is 2.91. The number of nitrogens with two attached hydrogens (primary N) is 1. The third-order valence-corrected chi connectivity index (χ3v) is 1.55. The maximum atomic E-state index is 11.7. The van der Waals surface area contributed by atoms with Crippen molar-refractivity contribution in [2.75, 3.05) is 5.73 Å². The molecule has 66 valence electrons. The van der Waals surface area contributed by atoms with Gasteiger partial charge in [0.15, 0.2) is 0 Å². The highest BCUT2D eigenvalue weighted by atomic mass is 32.2. The van der Waals surface area contributed by atoms with Crippen molar-refractivity contribution in [2.24, 2.45) is 0 Å². The summed E-state index contributed by atoms with van der Waals surface area (Å²) in [5, 5.41) is -0.199. The van der Waals surface area contributed by atoms with Crippen LogP contribution in [0.2, 0.25) is 0 Å². The molecule has 0 aromatic carbocycles. The minimum absolute atomic E-state index is 0.0248. The van der Waals surface area contributed by atoms with Gasteiger partial charge < -0.3 is 5.73 Å². The molecule has 12 heavy (non-hydrogen) atoms. The van der Waals surface area contributed by atoms with Gasteiger partial charge in [0, 0.05) is 17.8 Å². The van der Waals surface area contributed by atoms with E-state index in [2.05, 4.69) is 9.97 Å². The van der Waals surface area contributed by atoms with E-state index in [1.807, 2.05) is 0 Å². The maximum absolute atomic E-state index is 11.7. The molecule has 0 bridgehead atoms. The summed E-state index contributed by atoms with van der Waals surface area (Å²) in [7, 11) is 0. The standard InChI is InChI=1S/C5H4F3N3S/c6-5(7,8)12-4-1-3(9)10-2-11-4/h1-2H,(H2,9,10,11). The first-order valence-electron chi connectivity index (χ1n) is 2.80. The summed E-state index contributed by atoms with van der Waals surface area (Å²) in [5.74, 6) is 0.0248. The topological polar surface area (TPSA) is 51.8 Å². The lowest BCUT2D eigenvalue weighted by Gasteiger charge is -2.03. The minimum Gasteiger partial charge on any atom is -0.384 e. The molecule has 0 fully saturated rings. The van der Waals surface area contributed by atoms with Gasteiger partial charge in [0.25, 0.3) is 0 Å². The van der Waals surface area contributed by atoms with Crippen molar-refractivity contribution in [1.29, 1.82) is 0 Å². The van der Waals surface area contributed by atoms with E-state index in [-0.39, 0.29) is 22.6 Å². The van der Waals surface area contributed by atoms with Gasteiger partial charge in [0.05, 0.1) is 0 Å². The fraction of sp³-hybridized carbons (Fsp3) is 0.200. The van der Waals surface area contributed by atoms with E-state index < -0.39 is 5.51 Å². The van der Waals surface area contributed by atoms with Gasteiger partial charge in [-0.15, -0.1) is 0 Å². The molecular weight excluding hydrogens is 191 g/mol. The molecule has 3 nitrogen and oxygen atoms in total. The molecule has 0 radical (unpaired) electrons. The predicted molar refractivity (Wildman–Crippen MR) is 38.4 cm³/mol. The highest BCUT2D eigenvalue weighted by molar-refractivity contribution is 8.00. The van der Waals surface area contributed by atoms with Crippen LogP contribution in [0.5, 0.6) is 0 Å². The van der Waals surface area contributed by atoms with Crippen molar-refractivity contribution in [3.8, 4) is 0 Å². The van der Waals surface area contributed by atoms with Crippen molar-refractivity contribution >= 4 is 17.6 Å². The lowest BCUT2D eigenvalue weighted by molar-refractivity contribution is -0.0329. The Kier molecular flexibility index (Phi) is 2.41. The smallest absolute Gasteiger partial charge is 0.384 e. The van der Waals surface area contributed by atoms with E-state index in [0.717, 1.165) is 12.4 Å². The number of rotatable bonds is 1. The van der Waals surface area contributed by atoms with Crippen LogP contribution in [-0.4, -0.2) is 15.5 Å². The number of alkyl halides is 3. The Hall–Kier alpha value is -0.980. The van der Waals surface area contributed by atoms with Crippen molar-refractivity contribution in [3.05, 3.63) is 12.4 Å². The van der Waals surface area contributed by atoms with Crippen LogP contribution in [0, 0.1) is 0 Å². The number of nitrogens with zero attached hydrogens (tertiary/aromatic N) is 2. The lowest BCUT2D eigenvalue weighted by Crippen LogP contribution is -2.01. The molecular formula is C5H4F3N3S. The first-order valence-corrected chi connectivity index (χ1v) is 3.62. The molecule has 0 unspecified atom stereocenters. The van der Waals surface area contributed by atoms with Crippen LogP contribution in [0.4, 0.5) is 19.0 Å². The van der Waals surface area contributed by atoms with E-state index in [4.69, 9.17) is 5.73 Å². The zero-order valence-corrected chi connectivity index (χ0v) is 6.49. The summed E-state index contributed by atoms with van der Waals surface area (Å²) in [6.45, 7) is 0. The zero-order chi connectivity index (χ0) is 9.19. The van der Waals surface area contributed by atoms with Crippen molar-refractivity contribution in [1.82, 2.24) is 9.97 Å². The van der Waals surface area contributed by atoms with E-state index in [1.54, 1.807) is 0 Å². The summed E-state index contributed by atoms with van der Waals surface area (Å²) in [5.41, 5.74) is 0.813. The second kappa shape index (κ2) is 3.18. The number of nitrogen functional groups attached to an aromatic ring is 1. The highest BCUT2D eigenvalue weighted by Gasteiger charge is 2.30. The molecule has 1 aromatic heterocycles. The van der Waals surface area contributed by atoms with E-state index in [1.165, 1.54) is 0 Å². The molecule has 0 amide bonds. The quantitative estimate of drug-likeness (QED) is 0.547. The van der Waals surface area contributed by atoms with Crippen LogP contribution in [0.25, 0.3) is 0 Å². The largest absolute Gasteiger partial charge is 0.447 e. The lowest BCUT2D eigenvalue weighted by atomic mass is 10.6. The van der Waals surface area contributed by atoms with E-state index in [0.29, 0.717) is 0 Å². The highest BCUT2D eigenvalue weighted by Crippen LogP contribution is 2.35. The number of aromatic nitrogens is 2. The van der Waals surface area contributed by atoms with Gasteiger partial charge in [0.1, 0.15) is 17.2 Å². The molecule has 1 rings (SSSR count). The average molecular weight is 195 g/mol. The zero-order valence-electron chi connectivity index (χ0n) is 5.67. The monoisotopic (exact) mass is 195 g/mol. The Labute approximate surface area is 70.2 Å². The van der Waals surface area contributed by atoms with E-state index >= 15 is 0 Å². The van der Waals surface area contributed by atoms with Gasteiger partial charge in [0.2, 0.25) is 0 Å². The molecule has 0 aliphatic carbocycles. The molecule has 2 N–H and O–H groups in total. The SMILES string of the molecule is Nc1cc(SC(F)(F)F)ncn1. The fourth-order valence-electron chi connectivity index (χ4n) is 0.528. The normalized spacial score (nSPS) is 11.6. The second-order valence-electron chi connectivity index (χ2n) is 1.83. The summed E-state index contributed by atoms with van der Waals surface area (Å²) in [6.07, 6.45) is 0.989. The van der Waals surface area contributed by atoms with Crippen LogP contribution in [0.1, 0.15) is 0 Å². The maximum Gasteiger partial charge on any atom is 0.447 e. The minimum atomic E-state index is -4.33. The first-order chi connectivity index (χ1) is 5.47. The summed E-state index contributed by atoms with van der Waals surface area (Å²) < 4.78 is 35.2. The van der Waals surface area contributed by atoms with Crippen molar-refractivity contribution < 1.29 is 13.2 Å². The number of halogens is 3. The van der Waals surface area contributed by atoms with Gasteiger partial charge in [-0.3, -0.25) is 0 Å². The van der Waals surface area contributed by atoms with Crippen molar-refractivity contribution in [2.45, 2.75) is 10.5 Å². The van der Waals surface area contributed by atoms with Gasteiger partial charge >= 0.3 is 5.51 Å². The van der Waals surface area contributed by atoms with E-state index in [9.17, 15) is 13.2 Å². The van der Waals surface area contributed by atoms with Crippen LogP contribution in [-0.2, 0) is 0 Å². The van der Waals surface area contributed by atoms with Gasteiger partial charge in [-0.1, -0.05) is 0 Å². The van der Waals surface area contributed by atoms with Gasteiger partial charge in [-0.2, -0.15) is 13.2 Å². The predicted octanol–water partition coefficient (Wildman–Crippen LogP) is 1.67. The Balaban J connectivity index is 2.77. The van der Waals surface area contributed by atoms with Gasteiger partial charge in [-0.25, -0.2) is 9.97 Å². The number of hydrogen-bond donors (Lipinski definition) is 1. The molecule has 1 heterocycles. The molecule has 0 aliphatic rings. The number of thioether (sulfide) groups is 1. The molecule has 7 heteroatoms. The summed E-state index contributed by atoms with van der Waals surface area (Å²) >= 11 is -0.316. The van der Waals surface area contributed by atoms with Crippen LogP contribution >= 0.6 is 11.8 Å². The third kappa shape index (κ3) is 2.95. The summed E-state index contributed by atoms with van der Waals surface area (Å²) in [4.78, 5) is 6.83. The van der Waals surface area contributed by atoms with Crippen LogP contribution in [0.15, 0.2) is 17.4 Å². The molecule has 0 saturated heterocycles. The number of hydrogen-bond acceptors (Lipinski definition) is 4. The Morgan fingerprint density at radius 1 is 1.33 bits per heavy atom. The van der Waals surface area contributed by atoms with Crippen molar-refractivity contribution in [3.63, 3.8) is 0 Å². The first kappa shape index (κ1) is 9.11. The Morgan fingerprint density at radius 2 is 2.00 bits per heavy atom. The third-order valence-electron chi connectivity index (χ3n) is 0.883. The Morgan fingerprint density at radius 3 is 2.50 bits per heavy atom. The van der Waals surface area contributed by atoms with Gasteiger partial charge in [-0.05, 0) is 0 Å². The number of anilines is 1. The summed E-state index contributed by atoms with van der Waals surface area (Å²) in [6, 6.07) is 1.07. The van der Waals surface area contributed by atoms with Crippen LogP contribution < -0.4 is 5.73 Å². The average Bonchev–Trinajstić information content (AvgIpc) is 1.82. The molecule has 0 saturated carbocycles. The molecule has 1 aromatic rings. The molecule has 0 aliphatic heterocycles. The van der Waals surface area contributed by atoms with Crippen LogP contribution in [0.3, 0.4) is 0 Å². The molecule has 0 spiro atoms.